The number of nitrogens with zero attached hydrogens (tertiary/aromatic N) is 1. The van der Waals surface area contributed by atoms with Crippen LogP contribution in [0.4, 0.5) is 4.79 Å². The zero-order valence-corrected chi connectivity index (χ0v) is 19.0. The molecule has 0 spiro atoms. The lowest BCUT2D eigenvalue weighted by atomic mass is 10.2. The number of hydrogen-bond acceptors (Lipinski definition) is 9. The van der Waals surface area contributed by atoms with Crippen molar-refractivity contribution in [3.63, 3.8) is 0 Å². The molecule has 0 fully saturated rings. The molecule has 168 valence electrons. The van der Waals surface area contributed by atoms with Crippen molar-refractivity contribution in [1.29, 1.82) is 0 Å². The van der Waals surface area contributed by atoms with E-state index in [-0.39, 0.29) is 25.6 Å². The zero-order chi connectivity index (χ0) is 23.0. The lowest BCUT2D eigenvalue weighted by Gasteiger charge is -2.28. The third kappa shape index (κ3) is 13.6. The maximum absolute atomic E-state index is 12.3. The molecule has 0 aliphatic carbocycles. The number of rotatable bonds is 8. The number of ether oxygens (including phenoxy) is 4. The van der Waals surface area contributed by atoms with Crippen LogP contribution in [0.3, 0.4) is 0 Å². The van der Waals surface area contributed by atoms with Crippen molar-refractivity contribution in [3.05, 3.63) is 0 Å². The van der Waals surface area contributed by atoms with Gasteiger partial charge in [-0.25, -0.2) is 9.59 Å². The molecule has 0 aromatic rings. The van der Waals surface area contributed by atoms with Gasteiger partial charge in [-0.2, -0.15) is 0 Å². The van der Waals surface area contributed by atoms with E-state index in [2.05, 4.69) is 4.74 Å². The lowest BCUT2D eigenvalue weighted by Crippen LogP contribution is -2.48. The van der Waals surface area contributed by atoms with E-state index < -0.39 is 41.3 Å². The zero-order valence-electron chi connectivity index (χ0n) is 19.0. The van der Waals surface area contributed by atoms with E-state index in [0.29, 0.717) is 0 Å². The highest BCUT2D eigenvalue weighted by Gasteiger charge is 2.31. The summed E-state index contributed by atoms with van der Waals surface area (Å²) in [6, 6.07) is -1.10. The average molecular weight is 417 g/mol. The Morgan fingerprint density at radius 2 is 1.21 bits per heavy atom. The Hall–Kier alpha value is -2.16. The normalized spacial score (nSPS) is 13.1. The average Bonchev–Trinajstić information content (AvgIpc) is 2.47. The fraction of sp³-hybridized carbons (Fsp3) is 0.800. The van der Waals surface area contributed by atoms with Gasteiger partial charge in [0.05, 0.1) is 19.7 Å². The van der Waals surface area contributed by atoms with Crippen LogP contribution in [0.5, 0.6) is 0 Å². The van der Waals surface area contributed by atoms with E-state index in [1.54, 1.807) is 41.5 Å². The minimum atomic E-state index is -1.13. The number of carbonyl (C=O) groups excluding carboxylic acids is 4. The third-order valence-corrected chi connectivity index (χ3v) is 3.11. The van der Waals surface area contributed by atoms with Crippen molar-refractivity contribution < 1.29 is 38.1 Å². The van der Waals surface area contributed by atoms with Gasteiger partial charge in [0.2, 0.25) is 0 Å². The number of hydrogen-bond donors (Lipinski definition) is 0. The van der Waals surface area contributed by atoms with E-state index in [0.717, 1.165) is 0 Å². The van der Waals surface area contributed by atoms with Gasteiger partial charge in [-0.3, -0.25) is 14.5 Å². The second kappa shape index (κ2) is 11.1. The van der Waals surface area contributed by atoms with Crippen LogP contribution in [0.2, 0.25) is 0 Å². The highest BCUT2D eigenvalue weighted by Crippen LogP contribution is 2.12. The fourth-order valence-corrected chi connectivity index (χ4v) is 1.99. The van der Waals surface area contributed by atoms with Crippen LogP contribution in [-0.2, 0) is 33.3 Å². The quantitative estimate of drug-likeness (QED) is 0.334. The summed E-state index contributed by atoms with van der Waals surface area (Å²) < 4.78 is 20.0. The highest BCUT2D eigenvalue weighted by atomic mass is 16.7. The number of carbonyl (C=O) groups is 4. The van der Waals surface area contributed by atoms with Crippen LogP contribution in [0, 0.1) is 5.92 Å². The molecular formula is C20H35NO8. The van der Waals surface area contributed by atoms with Gasteiger partial charge in [-0.05, 0) is 54.4 Å². The van der Waals surface area contributed by atoms with Crippen molar-refractivity contribution in [2.75, 3.05) is 19.7 Å². The molecule has 0 N–H and O–H groups in total. The predicted octanol–water partition coefficient (Wildman–Crippen LogP) is 2.70. The fourth-order valence-electron chi connectivity index (χ4n) is 1.99. The molecule has 0 aliphatic rings. The topological polar surface area (TPSA) is 108 Å². The van der Waals surface area contributed by atoms with Gasteiger partial charge in [-0.15, -0.1) is 0 Å². The van der Waals surface area contributed by atoms with E-state index in [9.17, 15) is 19.2 Å². The monoisotopic (exact) mass is 417 g/mol. The van der Waals surface area contributed by atoms with Crippen molar-refractivity contribution in [1.82, 2.24) is 4.90 Å². The van der Waals surface area contributed by atoms with Gasteiger partial charge in [0.1, 0.15) is 17.2 Å². The summed E-state index contributed by atoms with van der Waals surface area (Å²) in [6.45, 7) is 14.6. The molecule has 0 heterocycles. The summed E-state index contributed by atoms with van der Waals surface area (Å²) in [5.41, 5.74) is -1.47. The molecular weight excluding hydrogens is 382 g/mol. The van der Waals surface area contributed by atoms with Crippen LogP contribution in [0.25, 0.3) is 0 Å². The predicted molar refractivity (Wildman–Crippen MR) is 105 cm³/mol. The molecule has 0 unspecified atom stereocenters. The van der Waals surface area contributed by atoms with Gasteiger partial charge >= 0.3 is 24.1 Å². The Labute approximate surface area is 173 Å². The molecule has 0 rings (SSSR count). The Kier molecular flexibility index (Phi) is 10.3. The SMILES string of the molecule is CC(C)COC(=O)OC(=O)[C@@H](C)N(CC(=O)OC(C)(C)C)CC(=O)OC(C)(C)C. The first kappa shape index (κ1) is 26.8. The molecule has 1 atom stereocenters. The summed E-state index contributed by atoms with van der Waals surface area (Å²) in [4.78, 5) is 49.6. The molecule has 0 bridgehead atoms. The largest absolute Gasteiger partial charge is 0.516 e. The summed E-state index contributed by atoms with van der Waals surface area (Å²) in [5.74, 6) is -2.15. The van der Waals surface area contributed by atoms with Crippen LogP contribution >= 0.6 is 0 Å². The maximum Gasteiger partial charge on any atom is 0.516 e. The van der Waals surface area contributed by atoms with Crippen LogP contribution in [0.1, 0.15) is 62.3 Å². The third-order valence-electron chi connectivity index (χ3n) is 3.11. The smallest absolute Gasteiger partial charge is 0.459 e. The maximum atomic E-state index is 12.3. The second-order valence-corrected chi connectivity index (χ2v) is 9.13. The lowest BCUT2D eigenvalue weighted by molar-refractivity contribution is -0.162. The van der Waals surface area contributed by atoms with Gasteiger partial charge < -0.3 is 18.9 Å². The van der Waals surface area contributed by atoms with E-state index in [4.69, 9.17) is 14.2 Å². The van der Waals surface area contributed by atoms with E-state index in [1.165, 1.54) is 11.8 Å². The summed E-state index contributed by atoms with van der Waals surface area (Å²) in [6.07, 6.45) is -1.13. The van der Waals surface area contributed by atoms with Gasteiger partial charge in [-0.1, -0.05) is 13.8 Å². The molecule has 0 aliphatic heterocycles. The first-order valence-corrected chi connectivity index (χ1v) is 9.56. The Morgan fingerprint density at radius 1 is 0.793 bits per heavy atom. The molecule has 0 saturated carbocycles. The van der Waals surface area contributed by atoms with Crippen LogP contribution < -0.4 is 0 Å². The molecule has 9 nitrogen and oxygen atoms in total. The highest BCUT2D eigenvalue weighted by molar-refractivity contribution is 5.86. The van der Waals surface area contributed by atoms with E-state index >= 15 is 0 Å². The van der Waals surface area contributed by atoms with Crippen molar-refractivity contribution in [2.45, 2.75) is 79.6 Å². The summed E-state index contributed by atoms with van der Waals surface area (Å²) >= 11 is 0. The molecule has 29 heavy (non-hydrogen) atoms. The number of esters is 3. The second-order valence-electron chi connectivity index (χ2n) is 9.13. The minimum Gasteiger partial charge on any atom is -0.459 e. The Balaban J connectivity index is 5.18. The van der Waals surface area contributed by atoms with Crippen molar-refractivity contribution in [2.24, 2.45) is 5.92 Å². The van der Waals surface area contributed by atoms with Gasteiger partial charge in [0.15, 0.2) is 0 Å². The van der Waals surface area contributed by atoms with Crippen LogP contribution in [0.15, 0.2) is 0 Å². The minimum absolute atomic E-state index is 0.0749. The van der Waals surface area contributed by atoms with Gasteiger partial charge in [0.25, 0.3) is 0 Å². The standard InChI is InChI=1S/C20H35NO8/c1-13(2)12-26-18(25)27-17(24)14(3)21(10-15(22)28-19(4,5)6)11-16(23)29-20(7,8)9/h13-14H,10-12H2,1-9H3/t14-/m1/s1. The first-order chi connectivity index (χ1) is 13.0. The first-order valence-electron chi connectivity index (χ1n) is 9.56. The Morgan fingerprint density at radius 3 is 1.55 bits per heavy atom. The van der Waals surface area contributed by atoms with Crippen LogP contribution in [-0.4, -0.2) is 65.9 Å². The Bertz CT molecular complexity index is 556. The van der Waals surface area contributed by atoms with Gasteiger partial charge in [0, 0.05) is 0 Å². The summed E-state index contributed by atoms with van der Waals surface area (Å²) in [7, 11) is 0. The van der Waals surface area contributed by atoms with Crippen molar-refractivity contribution >= 4 is 24.1 Å². The summed E-state index contributed by atoms with van der Waals surface area (Å²) in [5, 5.41) is 0. The van der Waals surface area contributed by atoms with Crippen molar-refractivity contribution in [3.8, 4) is 0 Å². The molecule has 9 heteroatoms. The molecule has 0 aromatic heterocycles. The molecule has 0 saturated heterocycles. The molecule has 0 aromatic carbocycles. The molecule has 0 radical (unpaired) electrons. The van der Waals surface area contributed by atoms with E-state index in [1.807, 2.05) is 13.8 Å². The molecule has 0 amide bonds.